The van der Waals surface area contributed by atoms with Crippen LogP contribution >= 0.6 is 0 Å². The van der Waals surface area contributed by atoms with Crippen LogP contribution in [0.1, 0.15) is 19.8 Å². The molecule has 5 rings (SSSR count). The van der Waals surface area contributed by atoms with E-state index in [1.807, 2.05) is 35.1 Å². The smallest absolute Gasteiger partial charge is 0.224 e. The molecule has 2 aromatic rings. The number of nitrogens with one attached hydrogen (secondary N) is 2. The van der Waals surface area contributed by atoms with Gasteiger partial charge in [-0.1, -0.05) is 5.21 Å². The quantitative estimate of drug-likeness (QED) is 0.609. The van der Waals surface area contributed by atoms with Gasteiger partial charge in [0.25, 0.3) is 0 Å². The average Bonchev–Trinajstić information content (AvgIpc) is 3.25. The van der Waals surface area contributed by atoms with Crippen LogP contribution in [-0.2, 0) is 16.1 Å². The highest BCUT2D eigenvalue weighted by atomic mass is 16.5. The Balaban J connectivity index is 1.31. The van der Waals surface area contributed by atoms with E-state index >= 15 is 0 Å². The van der Waals surface area contributed by atoms with Crippen molar-refractivity contribution in [2.24, 2.45) is 11.8 Å². The van der Waals surface area contributed by atoms with Crippen LogP contribution in [0.5, 0.6) is 5.75 Å². The summed E-state index contributed by atoms with van der Waals surface area (Å²) in [5, 5.41) is 14.3. The number of hydrogen-bond acceptors (Lipinski definition) is 6. The monoisotopic (exact) mass is 426 g/mol. The zero-order chi connectivity index (χ0) is 21.8. The van der Waals surface area contributed by atoms with Gasteiger partial charge in [-0.05, 0) is 49.6 Å². The molecule has 0 saturated carbocycles. The summed E-state index contributed by atoms with van der Waals surface area (Å²) in [6.07, 6.45) is 4.02. The summed E-state index contributed by atoms with van der Waals surface area (Å²) in [6.45, 7) is 4.99. The van der Waals surface area contributed by atoms with E-state index in [4.69, 9.17) is 4.74 Å². The number of rotatable bonds is 8. The van der Waals surface area contributed by atoms with Gasteiger partial charge in [0.1, 0.15) is 11.4 Å². The highest BCUT2D eigenvalue weighted by molar-refractivity contribution is 5.79. The molecule has 0 aliphatic carbocycles. The summed E-state index contributed by atoms with van der Waals surface area (Å²) >= 11 is 0. The maximum atomic E-state index is 12.6. The van der Waals surface area contributed by atoms with Gasteiger partial charge < -0.3 is 15.4 Å². The van der Waals surface area contributed by atoms with Crippen LogP contribution < -0.4 is 15.4 Å². The Hall–Kier alpha value is -2.94. The molecule has 1 aromatic carbocycles. The molecule has 166 valence electrons. The maximum absolute atomic E-state index is 12.6. The molecule has 4 atom stereocenters. The van der Waals surface area contributed by atoms with E-state index in [1.54, 1.807) is 7.11 Å². The van der Waals surface area contributed by atoms with Crippen LogP contribution in [0.3, 0.4) is 0 Å². The van der Waals surface area contributed by atoms with E-state index in [9.17, 15) is 9.59 Å². The van der Waals surface area contributed by atoms with Crippen LogP contribution in [0.2, 0.25) is 0 Å². The number of hydrogen-bond donors (Lipinski definition) is 2. The first-order valence-electron chi connectivity index (χ1n) is 10.8. The fourth-order valence-electron chi connectivity index (χ4n) is 4.68. The molecule has 2 amide bonds. The van der Waals surface area contributed by atoms with Crippen molar-refractivity contribution in [3.05, 3.63) is 30.5 Å². The van der Waals surface area contributed by atoms with E-state index in [1.165, 1.54) is 6.92 Å². The first-order chi connectivity index (χ1) is 15.0. The molecule has 2 bridgehead atoms. The number of aromatic nitrogens is 3. The van der Waals surface area contributed by atoms with Crippen LogP contribution in [0.25, 0.3) is 11.3 Å². The Morgan fingerprint density at radius 2 is 1.97 bits per heavy atom. The van der Waals surface area contributed by atoms with Crippen LogP contribution in [0.4, 0.5) is 0 Å². The van der Waals surface area contributed by atoms with Crippen molar-refractivity contribution >= 4 is 11.8 Å². The summed E-state index contributed by atoms with van der Waals surface area (Å²) < 4.78 is 7.12. The third kappa shape index (κ3) is 5.04. The second kappa shape index (κ2) is 9.47. The lowest BCUT2D eigenvalue weighted by molar-refractivity contribution is -0.133. The van der Waals surface area contributed by atoms with Gasteiger partial charge in [0, 0.05) is 38.2 Å². The molecule has 1 aromatic heterocycles. The number of methoxy groups -OCH3 is 1. The zero-order valence-electron chi connectivity index (χ0n) is 18.1. The van der Waals surface area contributed by atoms with Gasteiger partial charge in [-0.25, -0.2) is 0 Å². The van der Waals surface area contributed by atoms with Gasteiger partial charge in [0.15, 0.2) is 0 Å². The van der Waals surface area contributed by atoms with E-state index < -0.39 is 0 Å². The molecule has 9 heteroatoms. The number of fused-ring (bicyclic) bond motifs is 3. The molecule has 0 spiro atoms. The SMILES string of the molecule is COc1ccc(-c2cn(CC3CC4CCN3CC4C(=O)NCCNC(C)=O)nn2)cc1. The van der Waals surface area contributed by atoms with Gasteiger partial charge in [0.05, 0.1) is 25.8 Å². The van der Waals surface area contributed by atoms with E-state index in [2.05, 4.69) is 25.8 Å². The summed E-state index contributed by atoms with van der Waals surface area (Å²) in [6, 6.07) is 8.17. The Morgan fingerprint density at radius 3 is 2.65 bits per heavy atom. The molecule has 4 heterocycles. The molecule has 0 radical (unpaired) electrons. The van der Waals surface area contributed by atoms with Crippen molar-refractivity contribution in [1.29, 1.82) is 0 Å². The molecule has 4 unspecified atom stereocenters. The second-order valence-electron chi connectivity index (χ2n) is 8.37. The Bertz CT molecular complexity index is 912. The van der Waals surface area contributed by atoms with E-state index in [-0.39, 0.29) is 17.7 Å². The highest BCUT2D eigenvalue weighted by Crippen LogP contribution is 2.37. The number of benzene rings is 1. The topological polar surface area (TPSA) is 101 Å². The Kier molecular flexibility index (Phi) is 6.50. The molecular formula is C22H30N6O3. The average molecular weight is 427 g/mol. The first kappa shape index (κ1) is 21.3. The van der Waals surface area contributed by atoms with Crippen LogP contribution in [0, 0.1) is 11.8 Å². The minimum atomic E-state index is -0.0804. The standard InChI is InChI=1S/C22H30N6O3/c1-15(29)23-8-9-24-22(30)20-13-27-10-7-17(20)11-18(27)12-28-14-21(25-26-28)16-3-5-19(31-2)6-4-16/h3-6,14,17-18,20H,7-13H2,1-2H3,(H,23,29)(H,24,30). The van der Waals surface area contributed by atoms with E-state index in [0.717, 1.165) is 49.5 Å². The first-order valence-corrected chi connectivity index (χ1v) is 10.8. The van der Waals surface area contributed by atoms with Gasteiger partial charge in [-0.3, -0.25) is 19.2 Å². The van der Waals surface area contributed by atoms with Crippen LogP contribution in [0.15, 0.2) is 30.5 Å². The largest absolute Gasteiger partial charge is 0.497 e. The number of piperidine rings is 3. The van der Waals surface area contributed by atoms with Gasteiger partial charge in [-0.2, -0.15) is 0 Å². The van der Waals surface area contributed by atoms with Crippen molar-refractivity contribution in [3.8, 4) is 17.0 Å². The second-order valence-corrected chi connectivity index (χ2v) is 8.37. The fourth-order valence-corrected chi connectivity index (χ4v) is 4.68. The minimum absolute atomic E-state index is 0.0212. The van der Waals surface area contributed by atoms with Crippen LogP contribution in [-0.4, -0.2) is 71.0 Å². The number of amides is 2. The Labute approximate surface area is 182 Å². The molecular weight excluding hydrogens is 396 g/mol. The van der Waals surface area contributed by atoms with Gasteiger partial charge in [0.2, 0.25) is 11.8 Å². The molecule has 3 aliphatic rings. The predicted molar refractivity (Wildman–Crippen MR) is 115 cm³/mol. The number of nitrogens with zero attached hydrogens (tertiary/aromatic N) is 4. The normalized spacial score (nSPS) is 24.6. The highest BCUT2D eigenvalue weighted by Gasteiger charge is 2.43. The van der Waals surface area contributed by atoms with E-state index in [0.29, 0.717) is 25.0 Å². The predicted octanol–water partition coefficient (Wildman–Crippen LogP) is 0.916. The van der Waals surface area contributed by atoms with Crippen molar-refractivity contribution in [3.63, 3.8) is 0 Å². The third-order valence-electron chi connectivity index (χ3n) is 6.34. The van der Waals surface area contributed by atoms with Gasteiger partial charge >= 0.3 is 0 Å². The fraction of sp³-hybridized carbons (Fsp3) is 0.545. The van der Waals surface area contributed by atoms with Gasteiger partial charge in [-0.15, -0.1) is 5.10 Å². The number of carbonyl (C=O) groups is 2. The molecule has 3 saturated heterocycles. The number of carbonyl (C=O) groups excluding carboxylic acids is 2. The lowest BCUT2D eigenvalue weighted by Gasteiger charge is -2.49. The minimum Gasteiger partial charge on any atom is -0.497 e. The zero-order valence-corrected chi connectivity index (χ0v) is 18.1. The molecule has 2 N–H and O–H groups in total. The third-order valence-corrected chi connectivity index (χ3v) is 6.34. The van der Waals surface area contributed by atoms with Crippen molar-refractivity contribution in [2.45, 2.75) is 32.4 Å². The van der Waals surface area contributed by atoms with Crippen molar-refractivity contribution < 1.29 is 14.3 Å². The molecule has 3 fully saturated rings. The Morgan fingerprint density at radius 1 is 1.19 bits per heavy atom. The van der Waals surface area contributed by atoms with Crippen molar-refractivity contribution in [1.82, 2.24) is 30.5 Å². The maximum Gasteiger partial charge on any atom is 0.224 e. The lowest BCUT2D eigenvalue weighted by atomic mass is 9.75. The lowest BCUT2D eigenvalue weighted by Crippen LogP contribution is -2.58. The van der Waals surface area contributed by atoms with Crippen molar-refractivity contribution in [2.75, 3.05) is 33.3 Å². The summed E-state index contributed by atoms with van der Waals surface area (Å²) in [5.41, 5.74) is 1.85. The summed E-state index contributed by atoms with van der Waals surface area (Å²) in [5.74, 6) is 1.24. The summed E-state index contributed by atoms with van der Waals surface area (Å²) in [4.78, 5) is 26.0. The number of ether oxygens (including phenoxy) is 1. The molecule has 9 nitrogen and oxygen atoms in total. The molecule has 31 heavy (non-hydrogen) atoms. The summed E-state index contributed by atoms with van der Waals surface area (Å²) in [7, 11) is 1.65. The molecule has 3 aliphatic heterocycles.